The van der Waals surface area contributed by atoms with E-state index in [4.69, 9.17) is 11.0 Å². The molecule has 0 aliphatic rings. The van der Waals surface area contributed by atoms with Crippen molar-refractivity contribution in [2.24, 2.45) is 11.7 Å². The minimum Gasteiger partial charge on any atom is -0.341 e. The van der Waals surface area contributed by atoms with Crippen molar-refractivity contribution >= 4 is 5.91 Å². The highest BCUT2D eigenvalue weighted by atomic mass is 16.2. The second-order valence-corrected chi connectivity index (χ2v) is 3.93. The van der Waals surface area contributed by atoms with Crippen molar-refractivity contribution in [3.8, 4) is 6.07 Å². The molecule has 0 rings (SSSR count). The predicted molar refractivity (Wildman–Crippen MR) is 55.3 cm³/mol. The minimum atomic E-state index is -0.471. The highest BCUT2D eigenvalue weighted by Crippen LogP contribution is 2.06. The van der Waals surface area contributed by atoms with Crippen LogP contribution in [0.2, 0.25) is 0 Å². The Kier molecular flexibility index (Phi) is 5.18. The number of hydrogen-bond acceptors (Lipinski definition) is 3. The van der Waals surface area contributed by atoms with Gasteiger partial charge in [0.25, 0.3) is 0 Å². The number of nitrogens with two attached hydrogens (primary N) is 1. The van der Waals surface area contributed by atoms with Crippen LogP contribution in [0.4, 0.5) is 0 Å². The van der Waals surface area contributed by atoms with E-state index in [2.05, 4.69) is 0 Å². The van der Waals surface area contributed by atoms with E-state index in [9.17, 15) is 4.79 Å². The van der Waals surface area contributed by atoms with Crippen molar-refractivity contribution < 1.29 is 4.79 Å². The molecule has 0 spiro atoms. The molecule has 2 atom stereocenters. The maximum atomic E-state index is 11.7. The van der Waals surface area contributed by atoms with Crippen LogP contribution in [0.3, 0.4) is 0 Å². The summed E-state index contributed by atoms with van der Waals surface area (Å²) in [4.78, 5) is 13.2. The maximum absolute atomic E-state index is 11.7. The van der Waals surface area contributed by atoms with Crippen LogP contribution in [0.25, 0.3) is 0 Å². The summed E-state index contributed by atoms with van der Waals surface area (Å²) in [5, 5.41) is 8.50. The van der Waals surface area contributed by atoms with Crippen LogP contribution in [0.5, 0.6) is 0 Å². The molecule has 0 saturated carbocycles. The molecular formula is C10H19N3O. The topological polar surface area (TPSA) is 70.1 Å². The molecule has 0 heterocycles. The molecule has 0 fully saturated rings. The zero-order valence-electron chi connectivity index (χ0n) is 9.32. The molecule has 2 unspecified atom stereocenters. The fourth-order valence-electron chi connectivity index (χ4n) is 1.01. The molecule has 0 aliphatic heterocycles. The van der Waals surface area contributed by atoms with E-state index >= 15 is 0 Å². The highest BCUT2D eigenvalue weighted by molar-refractivity contribution is 5.81. The molecule has 0 aromatic heterocycles. The van der Waals surface area contributed by atoms with Gasteiger partial charge in [-0.25, -0.2) is 0 Å². The quantitative estimate of drug-likeness (QED) is 0.722. The zero-order valence-corrected chi connectivity index (χ0v) is 9.32. The molecule has 0 bridgehead atoms. The van der Waals surface area contributed by atoms with Gasteiger partial charge in [0.2, 0.25) is 5.91 Å². The first-order chi connectivity index (χ1) is 6.41. The number of likely N-dealkylation sites (N-methyl/N-ethyl adjacent to an activating group) is 1. The van der Waals surface area contributed by atoms with Gasteiger partial charge in [0, 0.05) is 13.1 Å². The van der Waals surface area contributed by atoms with Crippen LogP contribution in [0.1, 0.15) is 27.2 Å². The van der Waals surface area contributed by atoms with Gasteiger partial charge in [-0.2, -0.15) is 5.26 Å². The molecule has 0 radical (unpaired) electrons. The summed E-state index contributed by atoms with van der Waals surface area (Å²) in [6, 6.07) is 1.49. The zero-order chi connectivity index (χ0) is 11.3. The molecule has 80 valence electrons. The fraction of sp³-hybridized carbons (Fsp3) is 0.800. The summed E-state index contributed by atoms with van der Waals surface area (Å²) < 4.78 is 0. The molecule has 4 heteroatoms. The summed E-state index contributed by atoms with van der Waals surface area (Å²) in [5.74, 6) is 0.0296. The van der Waals surface area contributed by atoms with Gasteiger partial charge in [-0.3, -0.25) is 4.79 Å². The number of nitrogens with zero attached hydrogens (tertiary/aromatic N) is 2. The maximum Gasteiger partial charge on any atom is 0.239 e. The van der Waals surface area contributed by atoms with Crippen LogP contribution >= 0.6 is 0 Å². The monoisotopic (exact) mass is 197 g/mol. The first kappa shape index (κ1) is 12.9. The van der Waals surface area contributed by atoms with E-state index in [1.807, 2.05) is 26.8 Å². The lowest BCUT2D eigenvalue weighted by Crippen LogP contribution is -2.47. The van der Waals surface area contributed by atoms with Gasteiger partial charge in [0.1, 0.15) is 0 Å². The van der Waals surface area contributed by atoms with Crippen LogP contribution in [-0.2, 0) is 4.79 Å². The van der Waals surface area contributed by atoms with Gasteiger partial charge in [0.15, 0.2) is 0 Å². The second kappa shape index (κ2) is 5.61. The lowest BCUT2D eigenvalue weighted by atomic mass is 10.0. The Labute approximate surface area is 85.7 Å². The molecule has 1 amide bonds. The summed E-state index contributed by atoms with van der Waals surface area (Å²) in [6.07, 6.45) is 0.340. The number of rotatable bonds is 4. The third kappa shape index (κ3) is 3.35. The normalized spacial score (nSPS) is 14.6. The predicted octanol–water partition coefficient (Wildman–Crippen LogP) is 0.730. The van der Waals surface area contributed by atoms with E-state index in [-0.39, 0.29) is 17.9 Å². The van der Waals surface area contributed by atoms with Crippen molar-refractivity contribution in [2.75, 3.05) is 7.05 Å². The molecule has 4 nitrogen and oxygen atoms in total. The molecule has 0 aromatic rings. The average molecular weight is 197 g/mol. The Morgan fingerprint density at radius 2 is 2.00 bits per heavy atom. The molecule has 0 saturated heterocycles. The van der Waals surface area contributed by atoms with E-state index in [1.54, 1.807) is 11.9 Å². The first-order valence-electron chi connectivity index (χ1n) is 4.81. The molecule has 14 heavy (non-hydrogen) atoms. The minimum absolute atomic E-state index is 0.0719. The lowest BCUT2D eigenvalue weighted by molar-refractivity contribution is -0.133. The Morgan fingerprint density at radius 1 is 1.50 bits per heavy atom. The number of carbonyl (C=O) groups excluding carboxylic acids is 1. The van der Waals surface area contributed by atoms with Crippen molar-refractivity contribution in [3.05, 3.63) is 0 Å². The summed E-state index contributed by atoms with van der Waals surface area (Å²) >= 11 is 0. The van der Waals surface area contributed by atoms with Gasteiger partial charge in [-0.15, -0.1) is 0 Å². The van der Waals surface area contributed by atoms with Gasteiger partial charge < -0.3 is 10.6 Å². The van der Waals surface area contributed by atoms with Gasteiger partial charge >= 0.3 is 0 Å². The molecule has 0 aromatic carbocycles. The van der Waals surface area contributed by atoms with E-state index < -0.39 is 6.04 Å². The Hall–Kier alpha value is -1.08. The number of nitriles is 1. The van der Waals surface area contributed by atoms with Crippen LogP contribution in [-0.4, -0.2) is 29.9 Å². The Balaban J connectivity index is 4.32. The van der Waals surface area contributed by atoms with Crippen LogP contribution in [0, 0.1) is 17.2 Å². The van der Waals surface area contributed by atoms with Gasteiger partial charge in [-0.05, 0) is 12.8 Å². The molecule has 0 aliphatic carbocycles. The third-order valence-electron chi connectivity index (χ3n) is 2.40. The van der Waals surface area contributed by atoms with E-state index in [1.165, 1.54) is 0 Å². The van der Waals surface area contributed by atoms with E-state index in [0.717, 1.165) is 0 Å². The summed E-state index contributed by atoms with van der Waals surface area (Å²) in [6.45, 7) is 5.66. The van der Waals surface area contributed by atoms with Crippen LogP contribution in [0.15, 0.2) is 0 Å². The number of amides is 1. The summed E-state index contributed by atoms with van der Waals surface area (Å²) in [7, 11) is 1.69. The van der Waals surface area contributed by atoms with Crippen molar-refractivity contribution in [3.63, 3.8) is 0 Å². The molecular weight excluding hydrogens is 178 g/mol. The Morgan fingerprint density at radius 3 is 2.36 bits per heavy atom. The number of hydrogen-bond donors (Lipinski definition) is 1. The third-order valence-corrected chi connectivity index (χ3v) is 2.40. The highest BCUT2D eigenvalue weighted by Gasteiger charge is 2.23. The summed E-state index contributed by atoms with van der Waals surface area (Å²) in [5.41, 5.74) is 5.72. The van der Waals surface area contributed by atoms with E-state index in [0.29, 0.717) is 6.42 Å². The standard InChI is InChI=1S/C10H19N3O/c1-7(2)9(12)10(14)13(4)8(3)5-6-11/h7-9H,5,12H2,1-4H3. The SMILES string of the molecule is CC(C)C(N)C(=O)N(C)C(C)CC#N. The fourth-order valence-corrected chi connectivity index (χ4v) is 1.01. The Bertz CT molecular complexity index is 232. The first-order valence-corrected chi connectivity index (χ1v) is 4.81. The average Bonchev–Trinajstić information content (AvgIpc) is 2.14. The van der Waals surface area contributed by atoms with Crippen LogP contribution < -0.4 is 5.73 Å². The van der Waals surface area contributed by atoms with Crippen molar-refractivity contribution in [1.82, 2.24) is 4.90 Å². The molecule has 2 N–H and O–H groups in total. The lowest BCUT2D eigenvalue weighted by Gasteiger charge is -2.27. The smallest absolute Gasteiger partial charge is 0.239 e. The largest absolute Gasteiger partial charge is 0.341 e. The van der Waals surface area contributed by atoms with Gasteiger partial charge in [0.05, 0.1) is 18.5 Å². The van der Waals surface area contributed by atoms with Gasteiger partial charge in [-0.1, -0.05) is 13.8 Å². The second-order valence-electron chi connectivity index (χ2n) is 3.93. The number of carbonyl (C=O) groups is 1. The van der Waals surface area contributed by atoms with Crippen molar-refractivity contribution in [1.29, 1.82) is 5.26 Å². The van der Waals surface area contributed by atoms with Crippen molar-refractivity contribution in [2.45, 2.75) is 39.3 Å².